The molecule has 0 aromatic heterocycles. The van der Waals surface area contributed by atoms with E-state index in [1.165, 1.54) is 16.7 Å². The van der Waals surface area contributed by atoms with E-state index in [4.69, 9.17) is 15.2 Å². The van der Waals surface area contributed by atoms with Gasteiger partial charge in [0.1, 0.15) is 5.75 Å². The SMILES string of the molecule is COc1cc(C)c(C)cc1C1(CC(C)(C)N)COC1. The predicted molar refractivity (Wildman–Crippen MR) is 77.8 cm³/mol. The maximum Gasteiger partial charge on any atom is 0.123 e. The summed E-state index contributed by atoms with van der Waals surface area (Å²) in [4.78, 5) is 0. The molecule has 3 nitrogen and oxygen atoms in total. The molecule has 3 heteroatoms. The van der Waals surface area contributed by atoms with Crippen LogP contribution in [0.25, 0.3) is 0 Å². The molecule has 0 radical (unpaired) electrons. The van der Waals surface area contributed by atoms with Crippen LogP contribution < -0.4 is 10.5 Å². The molecule has 0 aliphatic carbocycles. The zero-order chi connectivity index (χ0) is 14.3. The summed E-state index contributed by atoms with van der Waals surface area (Å²) in [6, 6.07) is 4.36. The summed E-state index contributed by atoms with van der Waals surface area (Å²) in [5.41, 5.74) is 9.80. The number of methoxy groups -OCH3 is 1. The van der Waals surface area contributed by atoms with E-state index in [1.807, 2.05) is 0 Å². The summed E-state index contributed by atoms with van der Waals surface area (Å²) in [7, 11) is 1.73. The average Bonchev–Trinajstić information content (AvgIpc) is 2.25. The highest BCUT2D eigenvalue weighted by Gasteiger charge is 2.45. The van der Waals surface area contributed by atoms with Crippen molar-refractivity contribution in [1.82, 2.24) is 0 Å². The first-order chi connectivity index (χ1) is 8.77. The smallest absolute Gasteiger partial charge is 0.123 e. The summed E-state index contributed by atoms with van der Waals surface area (Å²) in [6.07, 6.45) is 0.902. The third-order valence-corrected chi connectivity index (χ3v) is 3.94. The first-order valence-electron chi connectivity index (χ1n) is 6.80. The highest BCUT2D eigenvalue weighted by molar-refractivity contribution is 5.47. The van der Waals surface area contributed by atoms with Crippen molar-refractivity contribution < 1.29 is 9.47 Å². The van der Waals surface area contributed by atoms with Gasteiger partial charge in [0, 0.05) is 16.5 Å². The van der Waals surface area contributed by atoms with Gasteiger partial charge in [-0.2, -0.15) is 0 Å². The van der Waals surface area contributed by atoms with E-state index in [-0.39, 0.29) is 11.0 Å². The Balaban J connectivity index is 2.46. The Bertz CT molecular complexity index is 470. The van der Waals surface area contributed by atoms with Crippen LogP contribution in [0, 0.1) is 13.8 Å². The van der Waals surface area contributed by atoms with Crippen LogP contribution in [0.15, 0.2) is 12.1 Å². The van der Waals surface area contributed by atoms with E-state index in [0.717, 1.165) is 25.4 Å². The van der Waals surface area contributed by atoms with Gasteiger partial charge in [0.15, 0.2) is 0 Å². The molecule has 1 fully saturated rings. The number of benzene rings is 1. The highest BCUT2D eigenvalue weighted by Crippen LogP contribution is 2.43. The molecule has 0 spiro atoms. The normalized spacial score (nSPS) is 18.0. The average molecular weight is 263 g/mol. The second-order valence-corrected chi connectivity index (χ2v) is 6.58. The number of rotatable bonds is 4. The van der Waals surface area contributed by atoms with Crippen LogP contribution >= 0.6 is 0 Å². The Labute approximate surface area is 116 Å². The summed E-state index contributed by atoms with van der Waals surface area (Å²) < 4.78 is 11.1. The summed E-state index contributed by atoms with van der Waals surface area (Å²) in [6.45, 7) is 9.84. The maximum atomic E-state index is 6.23. The Morgan fingerprint density at radius 3 is 2.26 bits per heavy atom. The Morgan fingerprint density at radius 1 is 1.26 bits per heavy atom. The highest BCUT2D eigenvalue weighted by atomic mass is 16.5. The van der Waals surface area contributed by atoms with Gasteiger partial charge in [0.05, 0.1) is 20.3 Å². The van der Waals surface area contributed by atoms with Crippen LogP contribution in [-0.4, -0.2) is 25.9 Å². The van der Waals surface area contributed by atoms with Crippen molar-refractivity contribution in [3.63, 3.8) is 0 Å². The van der Waals surface area contributed by atoms with E-state index in [0.29, 0.717) is 0 Å². The van der Waals surface area contributed by atoms with Crippen molar-refractivity contribution in [2.75, 3.05) is 20.3 Å². The van der Waals surface area contributed by atoms with Gasteiger partial charge in [-0.3, -0.25) is 0 Å². The van der Waals surface area contributed by atoms with Crippen molar-refractivity contribution in [3.8, 4) is 5.75 Å². The first kappa shape index (κ1) is 14.4. The zero-order valence-electron chi connectivity index (χ0n) is 12.7. The minimum Gasteiger partial charge on any atom is -0.496 e. The van der Waals surface area contributed by atoms with Crippen molar-refractivity contribution in [3.05, 3.63) is 28.8 Å². The lowest BCUT2D eigenvalue weighted by molar-refractivity contribution is -0.0727. The van der Waals surface area contributed by atoms with Crippen LogP contribution in [0.2, 0.25) is 0 Å². The van der Waals surface area contributed by atoms with Crippen LogP contribution in [0.3, 0.4) is 0 Å². The number of hydrogen-bond donors (Lipinski definition) is 1. The molecular formula is C16H25NO2. The summed E-state index contributed by atoms with van der Waals surface area (Å²) >= 11 is 0. The van der Waals surface area contributed by atoms with Crippen LogP contribution in [0.4, 0.5) is 0 Å². The van der Waals surface area contributed by atoms with Gasteiger partial charge in [-0.05, 0) is 51.3 Å². The summed E-state index contributed by atoms with van der Waals surface area (Å²) in [5.74, 6) is 0.954. The predicted octanol–water partition coefficient (Wildman–Crippen LogP) is 2.71. The third kappa shape index (κ3) is 2.77. The molecule has 1 aliphatic rings. The van der Waals surface area contributed by atoms with Crippen molar-refractivity contribution in [1.29, 1.82) is 0 Å². The van der Waals surface area contributed by atoms with Gasteiger partial charge in [0.2, 0.25) is 0 Å². The molecule has 0 saturated carbocycles. The van der Waals surface area contributed by atoms with Crippen LogP contribution in [-0.2, 0) is 10.2 Å². The Hall–Kier alpha value is -1.06. The van der Waals surface area contributed by atoms with Gasteiger partial charge in [-0.1, -0.05) is 6.07 Å². The fourth-order valence-electron chi connectivity index (χ4n) is 2.95. The molecule has 0 atom stereocenters. The van der Waals surface area contributed by atoms with Gasteiger partial charge in [0.25, 0.3) is 0 Å². The molecule has 0 bridgehead atoms. The standard InChI is InChI=1S/C16H25NO2/c1-11-6-13(14(18-5)7-12(11)2)16(9-19-10-16)8-15(3,4)17/h6-7H,8-10,17H2,1-5H3. The lowest BCUT2D eigenvalue weighted by Gasteiger charge is -2.46. The van der Waals surface area contributed by atoms with Gasteiger partial charge in [-0.15, -0.1) is 0 Å². The molecule has 1 heterocycles. The zero-order valence-corrected chi connectivity index (χ0v) is 12.7. The fourth-order valence-corrected chi connectivity index (χ4v) is 2.95. The molecule has 1 aliphatic heterocycles. The monoisotopic (exact) mass is 263 g/mol. The largest absolute Gasteiger partial charge is 0.496 e. The first-order valence-corrected chi connectivity index (χ1v) is 6.80. The molecule has 1 saturated heterocycles. The lowest BCUT2D eigenvalue weighted by atomic mass is 9.70. The fraction of sp³-hybridized carbons (Fsp3) is 0.625. The minimum absolute atomic E-state index is 0.00204. The van der Waals surface area contributed by atoms with Gasteiger partial charge in [-0.25, -0.2) is 0 Å². The molecule has 1 aromatic rings. The molecule has 2 N–H and O–H groups in total. The van der Waals surface area contributed by atoms with E-state index < -0.39 is 0 Å². The van der Waals surface area contributed by atoms with E-state index in [9.17, 15) is 0 Å². The van der Waals surface area contributed by atoms with Crippen molar-refractivity contribution >= 4 is 0 Å². The number of nitrogens with two attached hydrogens (primary N) is 1. The molecular weight excluding hydrogens is 238 g/mol. The van der Waals surface area contributed by atoms with Crippen LogP contribution in [0.5, 0.6) is 5.75 Å². The molecule has 106 valence electrons. The minimum atomic E-state index is -0.215. The number of hydrogen-bond acceptors (Lipinski definition) is 3. The summed E-state index contributed by atoms with van der Waals surface area (Å²) in [5, 5.41) is 0. The lowest BCUT2D eigenvalue weighted by Crippen LogP contribution is -2.53. The maximum absolute atomic E-state index is 6.23. The van der Waals surface area contributed by atoms with Gasteiger partial charge >= 0.3 is 0 Å². The van der Waals surface area contributed by atoms with E-state index in [1.54, 1.807) is 7.11 Å². The molecule has 0 amide bonds. The van der Waals surface area contributed by atoms with Crippen molar-refractivity contribution in [2.24, 2.45) is 5.73 Å². The van der Waals surface area contributed by atoms with Gasteiger partial charge < -0.3 is 15.2 Å². The second kappa shape index (κ2) is 4.80. The third-order valence-electron chi connectivity index (χ3n) is 3.94. The van der Waals surface area contributed by atoms with Crippen molar-refractivity contribution in [2.45, 2.75) is 45.1 Å². The Kier molecular flexibility index (Phi) is 3.63. The quantitative estimate of drug-likeness (QED) is 0.908. The van der Waals surface area contributed by atoms with E-state index in [2.05, 4.69) is 39.8 Å². The topological polar surface area (TPSA) is 44.5 Å². The number of ether oxygens (including phenoxy) is 2. The molecule has 1 aromatic carbocycles. The van der Waals surface area contributed by atoms with E-state index >= 15 is 0 Å². The number of aryl methyl sites for hydroxylation is 2. The Morgan fingerprint density at radius 2 is 1.84 bits per heavy atom. The molecule has 0 unspecified atom stereocenters. The molecule has 2 rings (SSSR count). The molecule has 19 heavy (non-hydrogen) atoms. The second-order valence-electron chi connectivity index (χ2n) is 6.58. The van der Waals surface area contributed by atoms with Crippen LogP contribution in [0.1, 0.15) is 37.0 Å².